The molecule has 2 aliphatic rings. The first-order valence-corrected chi connectivity index (χ1v) is 13.2. The number of halogens is 1. The van der Waals surface area contributed by atoms with E-state index in [1.165, 1.54) is 27.7 Å². The number of aromatic nitrogens is 3. The molecule has 1 aromatic heterocycles. The van der Waals surface area contributed by atoms with Crippen LogP contribution in [0.5, 0.6) is 0 Å². The van der Waals surface area contributed by atoms with E-state index in [0.29, 0.717) is 40.7 Å². The van der Waals surface area contributed by atoms with Gasteiger partial charge in [0.05, 0.1) is 24.4 Å². The minimum absolute atomic E-state index is 0.00169. The molecule has 0 amide bonds. The number of morpholine rings is 1. The monoisotopic (exact) mass is 508 g/mol. The van der Waals surface area contributed by atoms with E-state index in [1.54, 1.807) is 12.1 Å². The molecule has 2 fully saturated rings. The largest absolute Gasteiger partial charge is 0.372 e. The number of carbonyl (C=O) groups is 1. The van der Waals surface area contributed by atoms with Gasteiger partial charge in [0.1, 0.15) is 0 Å². The molecule has 2 aliphatic heterocycles. The molecule has 3 heterocycles. The van der Waals surface area contributed by atoms with Crippen LogP contribution in [0.3, 0.4) is 0 Å². The van der Waals surface area contributed by atoms with Crippen LogP contribution in [0.25, 0.3) is 17.1 Å². The summed E-state index contributed by atoms with van der Waals surface area (Å²) in [7, 11) is 0. The zero-order chi connectivity index (χ0) is 25.2. The SMILES string of the molecule is CC(C)CC(=O)Cn1c(-c2cccc(Cl)c2)nn(-c2ccc(CCN3CC4CCC(C3)O4)cc2)c1=O. The van der Waals surface area contributed by atoms with Crippen molar-refractivity contribution in [3.05, 3.63) is 69.6 Å². The highest BCUT2D eigenvalue weighted by Crippen LogP contribution is 2.26. The van der Waals surface area contributed by atoms with Crippen LogP contribution < -0.4 is 5.69 Å². The Morgan fingerprint density at radius 1 is 1.11 bits per heavy atom. The average Bonchev–Trinajstić information content (AvgIpc) is 3.35. The number of hydrogen-bond acceptors (Lipinski definition) is 5. The van der Waals surface area contributed by atoms with Gasteiger partial charge in [0.25, 0.3) is 0 Å². The van der Waals surface area contributed by atoms with E-state index in [9.17, 15) is 9.59 Å². The highest BCUT2D eigenvalue weighted by molar-refractivity contribution is 6.30. The second kappa shape index (κ2) is 10.7. The fraction of sp³-hybridized carbons (Fsp3) is 0.464. The van der Waals surface area contributed by atoms with Crippen molar-refractivity contribution >= 4 is 17.4 Å². The Morgan fingerprint density at radius 3 is 2.50 bits per heavy atom. The Labute approximate surface area is 216 Å². The molecule has 3 aromatic rings. The lowest BCUT2D eigenvalue weighted by Gasteiger charge is -2.32. The van der Waals surface area contributed by atoms with E-state index in [2.05, 4.69) is 22.1 Å². The van der Waals surface area contributed by atoms with Gasteiger partial charge in [0.15, 0.2) is 11.6 Å². The highest BCUT2D eigenvalue weighted by Gasteiger charge is 2.33. The molecule has 0 aliphatic carbocycles. The van der Waals surface area contributed by atoms with Gasteiger partial charge in [0.2, 0.25) is 0 Å². The Balaban J connectivity index is 1.36. The molecular formula is C28H33ClN4O3. The first kappa shape index (κ1) is 24.9. The van der Waals surface area contributed by atoms with Gasteiger partial charge in [-0.3, -0.25) is 14.3 Å². The summed E-state index contributed by atoms with van der Waals surface area (Å²) >= 11 is 6.21. The van der Waals surface area contributed by atoms with Crippen LogP contribution in [0.1, 0.15) is 38.7 Å². The molecule has 36 heavy (non-hydrogen) atoms. The van der Waals surface area contributed by atoms with Crippen LogP contribution in [-0.2, 0) is 22.5 Å². The fourth-order valence-electron chi connectivity index (χ4n) is 5.22. The molecular weight excluding hydrogens is 476 g/mol. The van der Waals surface area contributed by atoms with E-state index in [0.717, 1.165) is 26.1 Å². The zero-order valence-electron chi connectivity index (χ0n) is 20.9. The second-order valence-electron chi connectivity index (χ2n) is 10.4. The molecule has 0 N–H and O–H groups in total. The number of ether oxygens (including phenoxy) is 1. The molecule has 0 saturated carbocycles. The minimum Gasteiger partial charge on any atom is -0.372 e. The number of benzene rings is 2. The average molecular weight is 509 g/mol. The van der Waals surface area contributed by atoms with Gasteiger partial charge in [-0.25, -0.2) is 4.79 Å². The van der Waals surface area contributed by atoms with Crippen molar-refractivity contribution in [2.45, 2.75) is 58.3 Å². The van der Waals surface area contributed by atoms with Crippen molar-refractivity contribution in [3.8, 4) is 17.1 Å². The second-order valence-corrected chi connectivity index (χ2v) is 10.8. The number of carbonyl (C=O) groups excluding carboxylic acids is 1. The van der Waals surface area contributed by atoms with Gasteiger partial charge < -0.3 is 4.74 Å². The summed E-state index contributed by atoms with van der Waals surface area (Å²) in [5, 5.41) is 5.18. The molecule has 190 valence electrons. The molecule has 2 aromatic carbocycles. The number of rotatable bonds is 9. The molecule has 0 radical (unpaired) electrons. The predicted octanol–water partition coefficient (Wildman–Crippen LogP) is 4.38. The lowest BCUT2D eigenvalue weighted by Crippen LogP contribution is -2.43. The summed E-state index contributed by atoms with van der Waals surface area (Å²) in [4.78, 5) is 28.5. The smallest absolute Gasteiger partial charge is 0.351 e. The third-order valence-corrected chi connectivity index (χ3v) is 7.17. The maximum absolute atomic E-state index is 13.4. The van der Waals surface area contributed by atoms with Crippen molar-refractivity contribution < 1.29 is 9.53 Å². The molecule has 0 spiro atoms. The van der Waals surface area contributed by atoms with Crippen LogP contribution in [-0.4, -0.2) is 56.9 Å². The number of ketones is 1. The van der Waals surface area contributed by atoms with E-state index < -0.39 is 0 Å². The number of Topliss-reactive ketones (excluding diaryl/α,β-unsaturated/α-hetero) is 1. The van der Waals surface area contributed by atoms with Crippen molar-refractivity contribution in [3.63, 3.8) is 0 Å². The van der Waals surface area contributed by atoms with Gasteiger partial charge in [-0.15, -0.1) is 5.10 Å². The highest BCUT2D eigenvalue weighted by atomic mass is 35.5. The third-order valence-electron chi connectivity index (χ3n) is 6.93. The number of likely N-dealkylation sites (tertiary alicyclic amines) is 1. The maximum Gasteiger partial charge on any atom is 0.351 e. The number of hydrogen-bond donors (Lipinski definition) is 0. The van der Waals surface area contributed by atoms with Crippen molar-refractivity contribution in [1.29, 1.82) is 0 Å². The first-order valence-electron chi connectivity index (χ1n) is 12.8. The van der Waals surface area contributed by atoms with E-state index in [-0.39, 0.29) is 23.9 Å². The molecule has 5 rings (SSSR count). The summed E-state index contributed by atoms with van der Waals surface area (Å²) in [6.45, 7) is 7.01. The van der Waals surface area contributed by atoms with Crippen molar-refractivity contribution in [2.24, 2.45) is 5.92 Å². The van der Waals surface area contributed by atoms with Gasteiger partial charge in [0, 0.05) is 36.6 Å². The van der Waals surface area contributed by atoms with Gasteiger partial charge in [-0.1, -0.05) is 49.7 Å². The standard InChI is InChI=1S/C28H33ClN4O3/c1-19(2)14-24(34)16-32-27(21-4-3-5-22(29)15-21)30-33(28(32)35)23-8-6-20(7-9-23)12-13-31-17-25-10-11-26(18-31)36-25/h3-9,15,19,25-26H,10-14,16-18H2,1-2H3. The molecule has 7 nitrogen and oxygen atoms in total. The van der Waals surface area contributed by atoms with Crippen LogP contribution in [0.2, 0.25) is 5.02 Å². The topological polar surface area (TPSA) is 69.4 Å². The maximum atomic E-state index is 13.4. The minimum atomic E-state index is -0.335. The van der Waals surface area contributed by atoms with Crippen LogP contribution in [0, 0.1) is 5.92 Å². The van der Waals surface area contributed by atoms with Crippen LogP contribution in [0.4, 0.5) is 0 Å². The van der Waals surface area contributed by atoms with E-state index >= 15 is 0 Å². The Morgan fingerprint density at radius 2 is 1.83 bits per heavy atom. The molecule has 2 unspecified atom stereocenters. The quantitative estimate of drug-likeness (QED) is 0.429. The Bertz CT molecular complexity index is 1270. The summed E-state index contributed by atoms with van der Waals surface area (Å²) < 4.78 is 8.77. The van der Waals surface area contributed by atoms with Gasteiger partial charge in [-0.05, 0) is 55.0 Å². The van der Waals surface area contributed by atoms with E-state index in [1.807, 2.05) is 38.1 Å². The fourth-order valence-corrected chi connectivity index (χ4v) is 5.41. The van der Waals surface area contributed by atoms with Crippen LogP contribution in [0.15, 0.2) is 53.3 Å². The van der Waals surface area contributed by atoms with Crippen molar-refractivity contribution in [2.75, 3.05) is 19.6 Å². The predicted molar refractivity (Wildman–Crippen MR) is 141 cm³/mol. The normalized spacial score (nSPS) is 19.8. The third kappa shape index (κ3) is 5.64. The summed E-state index contributed by atoms with van der Waals surface area (Å²) in [5.74, 6) is 0.658. The number of fused-ring (bicyclic) bond motifs is 2. The number of nitrogens with zero attached hydrogens (tertiary/aromatic N) is 4. The zero-order valence-corrected chi connectivity index (χ0v) is 21.7. The molecule has 8 heteroatoms. The van der Waals surface area contributed by atoms with Gasteiger partial charge in [-0.2, -0.15) is 4.68 Å². The summed E-state index contributed by atoms with van der Waals surface area (Å²) in [6.07, 6.45) is 4.50. The Hall–Kier alpha value is -2.74. The lowest BCUT2D eigenvalue weighted by molar-refractivity contribution is -0.120. The van der Waals surface area contributed by atoms with Crippen molar-refractivity contribution in [1.82, 2.24) is 19.2 Å². The summed E-state index contributed by atoms with van der Waals surface area (Å²) in [5.41, 5.74) is 2.25. The van der Waals surface area contributed by atoms with Crippen LogP contribution >= 0.6 is 11.6 Å². The Kier molecular flexibility index (Phi) is 7.42. The van der Waals surface area contributed by atoms with E-state index in [4.69, 9.17) is 16.3 Å². The first-order chi connectivity index (χ1) is 17.4. The van der Waals surface area contributed by atoms with Gasteiger partial charge >= 0.3 is 5.69 Å². The molecule has 2 atom stereocenters. The lowest BCUT2D eigenvalue weighted by atomic mass is 10.1. The summed E-state index contributed by atoms with van der Waals surface area (Å²) in [6, 6.07) is 15.2. The molecule has 2 saturated heterocycles. The molecule has 2 bridgehead atoms.